The van der Waals surface area contributed by atoms with Crippen molar-refractivity contribution in [2.75, 3.05) is 39.8 Å². The van der Waals surface area contributed by atoms with Crippen LogP contribution in [0.15, 0.2) is 12.1 Å². The highest BCUT2D eigenvalue weighted by Crippen LogP contribution is 2.26. The van der Waals surface area contributed by atoms with Gasteiger partial charge in [0.15, 0.2) is 0 Å². The molecule has 26 heavy (non-hydrogen) atoms. The number of methoxy groups -OCH3 is 1. The number of amides is 3. The number of urea groups is 1. The van der Waals surface area contributed by atoms with Crippen LogP contribution in [0.1, 0.15) is 42.3 Å². The van der Waals surface area contributed by atoms with E-state index in [2.05, 4.69) is 26.1 Å². The van der Waals surface area contributed by atoms with E-state index in [0.717, 1.165) is 11.1 Å². The lowest BCUT2D eigenvalue weighted by Crippen LogP contribution is -2.53. The van der Waals surface area contributed by atoms with Crippen LogP contribution in [-0.4, -0.2) is 61.6 Å². The smallest absolute Gasteiger partial charge is 0.317 e. The van der Waals surface area contributed by atoms with Crippen LogP contribution < -0.4 is 10.1 Å². The fourth-order valence-electron chi connectivity index (χ4n) is 3.12. The molecule has 0 bridgehead atoms. The molecule has 1 saturated heterocycles. The molecule has 144 valence electrons. The van der Waals surface area contributed by atoms with E-state index in [1.807, 2.05) is 26.0 Å². The fraction of sp³-hybridized carbons (Fsp3) is 0.600. The van der Waals surface area contributed by atoms with E-state index in [4.69, 9.17) is 4.74 Å². The molecule has 0 atom stereocenters. The van der Waals surface area contributed by atoms with Crippen molar-refractivity contribution in [1.82, 2.24) is 15.1 Å². The second kappa shape index (κ2) is 7.98. The Kier molecular flexibility index (Phi) is 6.16. The first kappa shape index (κ1) is 20.1. The van der Waals surface area contributed by atoms with Crippen molar-refractivity contribution in [3.63, 3.8) is 0 Å². The molecule has 1 N–H and O–H groups in total. The molecule has 0 saturated carbocycles. The Hall–Kier alpha value is -2.24. The van der Waals surface area contributed by atoms with E-state index < -0.39 is 0 Å². The number of benzene rings is 1. The summed E-state index contributed by atoms with van der Waals surface area (Å²) in [4.78, 5) is 28.8. The third-order valence-corrected chi connectivity index (χ3v) is 4.48. The van der Waals surface area contributed by atoms with Crippen LogP contribution in [0.25, 0.3) is 0 Å². The van der Waals surface area contributed by atoms with Crippen LogP contribution in [0.2, 0.25) is 0 Å². The average Bonchev–Trinajstić information content (AvgIpc) is 2.58. The minimum absolute atomic E-state index is 0.0385. The van der Waals surface area contributed by atoms with Gasteiger partial charge in [-0.3, -0.25) is 4.79 Å². The molecule has 6 heteroatoms. The summed E-state index contributed by atoms with van der Waals surface area (Å²) in [5, 5.41) is 2.96. The molecule has 3 amide bonds. The average molecular weight is 361 g/mol. The van der Waals surface area contributed by atoms with Crippen LogP contribution in [0.4, 0.5) is 4.79 Å². The van der Waals surface area contributed by atoms with E-state index >= 15 is 0 Å². The van der Waals surface area contributed by atoms with Gasteiger partial charge < -0.3 is 19.9 Å². The third kappa shape index (κ3) is 4.90. The van der Waals surface area contributed by atoms with Crippen molar-refractivity contribution < 1.29 is 14.3 Å². The zero-order valence-corrected chi connectivity index (χ0v) is 16.8. The van der Waals surface area contributed by atoms with Crippen molar-refractivity contribution in [1.29, 1.82) is 0 Å². The predicted octanol–water partition coefficient (Wildman–Crippen LogP) is 2.83. The quantitative estimate of drug-likeness (QED) is 0.900. The zero-order chi connectivity index (χ0) is 19.5. The van der Waals surface area contributed by atoms with Gasteiger partial charge in [0, 0.05) is 32.7 Å². The largest absolute Gasteiger partial charge is 0.496 e. The van der Waals surface area contributed by atoms with Crippen molar-refractivity contribution >= 4 is 11.9 Å². The summed E-state index contributed by atoms with van der Waals surface area (Å²) in [5.41, 5.74) is 2.63. The summed E-state index contributed by atoms with van der Waals surface area (Å²) in [6.45, 7) is 12.9. The van der Waals surface area contributed by atoms with Gasteiger partial charge in [-0.1, -0.05) is 26.8 Å². The molecule has 0 radical (unpaired) electrons. The lowest BCUT2D eigenvalue weighted by Gasteiger charge is -2.35. The van der Waals surface area contributed by atoms with E-state index in [-0.39, 0.29) is 17.4 Å². The summed E-state index contributed by atoms with van der Waals surface area (Å²) in [6, 6.07) is 3.82. The van der Waals surface area contributed by atoms with E-state index in [0.29, 0.717) is 44.0 Å². The number of carbonyl (C=O) groups is 2. The van der Waals surface area contributed by atoms with Crippen LogP contribution in [-0.2, 0) is 0 Å². The molecule has 0 aromatic heterocycles. The zero-order valence-electron chi connectivity index (χ0n) is 16.8. The molecule has 1 aliphatic heterocycles. The minimum Gasteiger partial charge on any atom is -0.496 e. The molecule has 1 aromatic rings. The molecule has 6 nitrogen and oxygen atoms in total. The first-order valence-corrected chi connectivity index (χ1v) is 9.09. The summed E-state index contributed by atoms with van der Waals surface area (Å²) in [5.74, 6) is 0.592. The maximum Gasteiger partial charge on any atom is 0.317 e. The van der Waals surface area contributed by atoms with Gasteiger partial charge >= 0.3 is 6.03 Å². The van der Waals surface area contributed by atoms with Crippen molar-refractivity contribution in [3.05, 3.63) is 28.8 Å². The second-order valence-electron chi connectivity index (χ2n) is 8.16. The highest BCUT2D eigenvalue weighted by Gasteiger charge is 2.27. The maximum absolute atomic E-state index is 12.9. The number of piperazine rings is 1. The SMILES string of the molecule is COc1c(C)cc(C)cc1C(=O)N1CCN(C(=O)NCC(C)(C)C)CC1. The highest BCUT2D eigenvalue weighted by atomic mass is 16.5. The molecule has 1 aliphatic rings. The molecular weight excluding hydrogens is 330 g/mol. The number of hydrogen-bond donors (Lipinski definition) is 1. The molecule has 0 spiro atoms. The molecule has 1 fully saturated rings. The molecule has 0 unspecified atom stereocenters. The van der Waals surface area contributed by atoms with Crippen LogP contribution in [0, 0.1) is 19.3 Å². The monoisotopic (exact) mass is 361 g/mol. The Morgan fingerprint density at radius 3 is 2.19 bits per heavy atom. The Morgan fingerprint density at radius 1 is 1.08 bits per heavy atom. The van der Waals surface area contributed by atoms with Crippen LogP contribution in [0.5, 0.6) is 5.75 Å². The van der Waals surface area contributed by atoms with E-state index in [1.165, 1.54) is 0 Å². The lowest BCUT2D eigenvalue weighted by molar-refractivity contribution is 0.0660. The Morgan fingerprint density at radius 2 is 1.65 bits per heavy atom. The third-order valence-electron chi connectivity index (χ3n) is 4.48. The Bertz CT molecular complexity index is 672. The van der Waals surface area contributed by atoms with Gasteiger partial charge in [-0.25, -0.2) is 4.79 Å². The number of carbonyl (C=O) groups excluding carboxylic acids is 2. The molecule has 1 aromatic carbocycles. The fourth-order valence-corrected chi connectivity index (χ4v) is 3.12. The van der Waals surface area contributed by atoms with Crippen LogP contribution in [0.3, 0.4) is 0 Å². The summed E-state index contributed by atoms with van der Waals surface area (Å²) < 4.78 is 5.44. The maximum atomic E-state index is 12.9. The van der Waals surface area contributed by atoms with Gasteiger partial charge in [0.25, 0.3) is 5.91 Å². The standard InChI is InChI=1S/C20H31N3O3/c1-14-11-15(2)17(26-6)16(12-14)18(24)22-7-9-23(10-8-22)19(25)21-13-20(3,4)5/h11-12H,7-10,13H2,1-6H3,(H,21,25). The summed E-state index contributed by atoms with van der Waals surface area (Å²) >= 11 is 0. The van der Waals surface area contributed by atoms with Gasteiger partial charge in [-0.05, 0) is 36.5 Å². The Balaban J connectivity index is 2.00. The van der Waals surface area contributed by atoms with Gasteiger partial charge in [0.05, 0.1) is 12.7 Å². The van der Waals surface area contributed by atoms with Crippen molar-refractivity contribution in [2.45, 2.75) is 34.6 Å². The first-order chi connectivity index (χ1) is 12.1. The molecular formula is C20H31N3O3. The molecule has 2 rings (SSSR count). The van der Waals surface area contributed by atoms with E-state index in [1.54, 1.807) is 16.9 Å². The number of aryl methyl sites for hydroxylation is 2. The predicted molar refractivity (Wildman–Crippen MR) is 103 cm³/mol. The van der Waals surface area contributed by atoms with Crippen molar-refractivity contribution in [2.24, 2.45) is 5.41 Å². The van der Waals surface area contributed by atoms with Gasteiger partial charge in [-0.15, -0.1) is 0 Å². The van der Waals surface area contributed by atoms with Crippen molar-refractivity contribution in [3.8, 4) is 5.75 Å². The molecule has 0 aliphatic carbocycles. The topological polar surface area (TPSA) is 61.9 Å². The summed E-state index contributed by atoms with van der Waals surface area (Å²) in [6.07, 6.45) is 0. The van der Waals surface area contributed by atoms with E-state index in [9.17, 15) is 9.59 Å². The lowest BCUT2D eigenvalue weighted by atomic mass is 9.97. The van der Waals surface area contributed by atoms with Gasteiger partial charge in [0.1, 0.15) is 5.75 Å². The van der Waals surface area contributed by atoms with Gasteiger partial charge in [0.2, 0.25) is 0 Å². The number of nitrogens with zero attached hydrogens (tertiary/aromatic N) is 2. The highest BCUT2D eigenvalue weighted by molar-refractivity contribution is 5.97. The second-order valence-corrected chi connectivity index (χ2v) is 8.16. The first-order valence-electron chi connectivity index (χ1n) is 9.09. The normalized spacial score (nSPS) is 15.0. The number of nitrogens with one attached hydrogen (secondary N) is 1. The minimum atomic E-state index is -0.0593. The number of hydrogen-bond acceptors (Lipinski definition) is 3. The summed E-state index contributed by atoms with van der Waals surface area (Å²) in [7, 11) is 1.59. The number of ether oxygens (including phenoxy) is 1. The van der Waals surface area contributed by atoms with Crippen LogP contribution >= 0.6 is 0 Å². The van der Waals surface area contributed by atoms with Gasteiger partial charge in [-0.2, -0.15) is 0 Å². The Labute approximate surface area is 156 Å². The molecule has 1 heterocycles. The number of rotatable bonds is 3.